The summed E-state index contributed by atoms with van der Waals surface area (Å²) in [6, 6.07) is 5.04. The van der Waals surface area contributed by atoms with E-state index in [2.05, 4.69) is 26.0 Å². The number of tetrazole rings is 1. The third-order valence-corrected chi connectivity index (χ3v) is 3.29. The third-order valence-electron chi connectivity index (χ3n) is 3.09. The van der Waals surface area contributed by atoms with Crippen LogP contribution < -0.4 is 20.1 Å². The molecule has 2 rings (SSSR count). The lowest BCUT2D eigenvalue weighted by Crippen LogP contribution is -2.35. The van der Waals surface area contributed by atoms with Gasteiger partial charge >= 0.3 is 0 Å². The minimum absolute atomic E-state index is 0.0436. The summed E-state index contributed by atoms with van der Waals surface area (Å²) in [7, 11) is 2.94. The minimum Gasteiger partial charge on any atom is -0.496 e. The molecule has 2 aromatic rings. The van der Waals surface area contributed by atoms with Crippen molar-refractivity contribution < 1.29 is 14.3 Å². The molecular weight excluding hydrogens is 344 g/mol. The van der Waals surface area contributed by atoms with Gasteiger partial charge in [0.15, 0.2) is 5.11 Å². The van der Waals surface area contributed by atoms with Gasteiger partial charge < -0.3 is 9.47 Å². The van der Waals surface area contributed by atoms with Crippen LogP contribution in [0.25, 0.3) is 0 Å². The van der Waals surface area contributed by atoms with Crippen molar-refractivity contribution in [1.82, 2.24) is 25.5 Å². The van der Waals surface area contributed by atoms with Crippen LogP contribution in [-0.2, 0) is 6.54 Å². The number of hydrogen-bond donors (Lipinski definition) is 2. The van der Waals surface area contributed by atoms with E-state index in [1.165, 1.54) is 19.0 Å². The highest BCUT2D eigenvalue weighted by Gasteiger charge is 2.19. The van der Waals surface area contributed by atoms with Crippen molar-refractivity contribution in [3.05, 3.63) is 23.8 Å². The first-order valence-electron chi connectivity index (χ1n) is 7.55. The normalized spacial score (nSPS) is 10.4. The Morgan fingerprint density at radius 1 is 1.28 bits per heavy atom. The zero-order valence-electron chi connectivity index (χ0n) is 14.4. The van der Waals surface area contributed by atoms with Gasteiger partial charge in [-0.05, 0) is 35.5 Å². The number of aromatic nitrogens is 4. The molecule has 0 saturated carbocycles. The lowest BCUT2D eigenvalue weighted by molar-refractivity contribution is 0.0971. The molecule has 1 heterocycles. The van der Waals surface area contributed by atoms with Gasteiger partial charge in [-0.1, -0.05) is 25.0 Å². The molecule has 0 unspecified atom stereocenters. The SMILES string of the molecule is COc1cccc(OC)c1C(=O)NC(=S)Nc1nnn(CC(C)C)n1. The molecule has 134 valence electrons. The number of thiocarbonyl (C=S) groups is 1. The molecule has 2 N–H and O–H groups in total. The topological polar surface area (TPSA) is 103 Å². The average Bonchev–Trinajstić information content (AvgIpc) is 2.99. The first kappa shape index (κ1) is 18.6. The molecule has 1 aromatic carbocycles. The van der Waals surface area contributed by atoms with Crippen molar-refractivity contribution in [2.75, 3.05) is 19.5 Å². The van der Waals surface area contributed by atoms with Crippen LogP contribution in [0.1, 0.15) is 24.2 Å². The van der Waals surface area contributed by atoms with Gasteiger partial charge in [0.05, 0.1) is 20.8 Å². The highest BCUT2D eigenvalue weighted by molar-refractivity contribution is 7.80. The second kappa shape index (κ2) is 8.38. The van der Waals surface area contributed by atoms with Gasteiger partial charge in [0.25, 0.3) is 11.9 Å². The molecule has 25 heavy (non-hydrogen) atoms. The van der Waals surface area contributed by atoms with Crippen LogP contribution in [0.3, 0.4) is 0 Å². The number of ether oxygens (including phenoxy) is 2. The van der Waals surface area contributed by atoms with Gasteiger partial charge in [-0.3, -0.25) is 15.4 Å². The van der Waals surface area contributed by atoms with Crippen LogP contribution in [0.2, 0.25) is 0 Å². The summed E-state index contributed by atoms with van der Waals surface area (Å²) in [5.41, 5.74) is 0.244. The quantitative estimate of drug-likeness (QED) is 0.743. The number of nitrogens with one attached hydrogen (secondary N) is 2. The summed E-state index contributed by atoms with van der Waals surface area (Å²) in [6.07, 6.45) is 0. The molecule has 0 saturated heterocycles. The summed E-state index contributed by atoms with van der Waals surface area (Å²) < 4.78 is 10.4. The molecule has 0 aliphatic carbocycles. The number of hydrogen-bond acceptors (Lipinski definition) is 7. The Bertz CT molecular complexity index is 739. The number of nitrogens with zero attached hydrogens (tertiary/aromatic N) is 4. The Kier molecular flexibility index (Phi) is 6.23. The van der Waals surface area contributed by atoms with Crippen LogP contribution in [0.5, 0.6) is 11.5 Å². The van der Waals surface area contributed by atoms with Crippen LogP contribution in [0, 0.1) is 5.92 Å². The van der Waals surface area contributed by atoms with Gasteiger partial charge in [0, 0.05) is 0 Å². The number of carbonyl (C=O) groups is 1. The monoisotopic (exact) mass is 364 g/mol. The molecule has 0 atom stereocenters. The average molecular weight is 364 g/mol. The fourth-order valence-corrected chi connectivity index (χ4v) is 2.25. The summed E-state index contributed by atoms with van der Waals surface area (Å²) in [4.78, 5) is 14.0. The van der Waals surface area contributed by atoms with E-state index >= 15 is 0 Å². The van der Waals surface area contributed by atoms with Gasteiger partial charge in [-0.15, -0.1) is 5.10 Å². The number of carbonyl (C=O) groups excluding carboxylic acids is 1. The zero-order valence-corrected chi connectivity index (χ0v) is 15.3. The van der Waals surface area contributed by atoms with Crippen LogP contribution in [0.15, 0.2) is 18.2 Å². The predicted molar refractivity (Wildman–Crippen MR) is 95.9 cm³/mol. The third kappa shape index (κ3) is 4.86. The Morgan fingerprint density at radius 3 is 2.48 bits per heavy atom. The van der Waals surface area contributed by atoms with Crippen LogP contribution in [-0.4, -0.2) is 45.4 Å². The molecule has 10 heteroatoms. The van der Waals surface area contributed by atoms with E-state index in [1.807, 2.05) is 13.8 Å². The number of anilines is 1. The van der Waals surface area contributed by atoms with Crippen molar-refractivity contribution in [2.45, 2.75) is 20.4 Å². The predicted octanol–water partition coefficient (Wildman–Crippen LogP) is 1.47. The van der Waals surface area contributed by atoms with Gasteiger partial charge in [-0.25, -0.2) is 0 Å². The van der Waals surface area contributed by atoms with Crippen molar-refractivity contribution in [3.8, 4) is 11.5 Å². The van der Waals surface area contributed by atoms with Crippen molar-refractivity contribution in [1.29, 1.82) is 0 Å². The minimum atomic E-state index is -0.471. The number of benzene rings is 1. The van der Waals surface area contributed by atoms with Crippen LogP contribution >= 0.6 is 12.2 Å². The van der Waals surface area contributed by atoms with E-state index in [0.717, 1.165) is 0 Å². The molecule has 0 fully saturated rings. The number of rotatable bonds is 6. The smallest absolute Gasteiger partial charge is 0.269 e. The van der Waals surface area contributed by atoms with E-state index in [0.29, 0.717) is 24.0 Å². The Hall–Kier alpha value is -2.75. The van der Waals surface area contributed by atoms with Crippen LogP contribution in [0.4, 0.5) is 5.95 Å². The lowest BCUT2D eigenvalue weighted by atomic mass is 10.1. The summed E-state index contributed by atoms with van der Waals surface area (Å²) in [6.45, 7) is 4.72. The standard InChI is InChI=1S/C15H20N6O3S/c1-9(2)8-21-19-14(18-20-21)17-15(25)16-13(22)12-10(23-3)6-5-7-11(12)24-4/h5-7,9H,8H2,1-4H3,(H2,16,17,19,22,25). The maximum atomic E-state index is 12.5. The molecule has 0 radical (unpaired) electrons. The molecule has 1 amide bonds. The Labute approximate surface area is 150 Å². The maximum Gasteiger partial charge on any atom is 0.269 e. The van der Waals surface area contributed by atoms with Crippen molar-refractivity contribution in [2.24, 2.45) is 5.92 Å². The van der Waals surface area contributed by atoms with E-state index in [1.54, 1.807) is 18.2 Å². The van der Waals surface area contributed by atoms with E-state index in [9.17, 15) is 4.79 Å². The zero-order chi connectivity index (χ0) is 18.4. The molecule has 0 aliphatic rings. The van der Waals surface area contributed by atoms with E-state index < -0.39 is 5.91 Å². The fraction of sp³-hybridized carbons (Fsp3) is 0.400. The van der Waals surface area contributed by atoms with Gasteiger partial charge in [-0.2, -0.15) is 4.80 Å². The summed E-state index contributed by atoms with van der Waals surface area (Å²) in [5, 5.41) is 17.2. The molecular formula is C15H20N6O3S. The Balaban J connectivity index is 2.06. The van der Waals surface area contributed by atoms with Crippen molar-refractivity contribution in [3.63, 3.8) is 0 Å². The maximum absolute atomic E-state index is 12.5. The summed E-state index contributed by atoms with van der Waals surface area (Å²) >= 11 is 5.13. The molecule has 1 aromatic heterocycles. The lowest BCUT2D eigenvalue weighted by Gasteiger charge is -2.13. The molecule has 0 bridgehead atoms. The van der Waals surface area contributed by atoms with Gasteiger partial charge in [0.1, 0.15) is 17.1 Å². The van der Waals surface area contributed by atoms with Gasteiger partial charge in [0.2, 0.25) is 0 Å². The second-order valence-electron chi connectivity index (χ2n) is 5.51. The van der Waals surface area contributed by atoms with E-state index in [-0.39, 0.29) is 16.6 Å². The summed E-state index contributed by atoms with van der Waals surface area (Å²) in [5.74, 6) is 0.868. The number of methoxy groups -OCH3 is 2. The highest BCUT2D eigenvalue weighted by atomic mass is 32.1. The molecule has 0 spiro atoms. The Morgan fingerprint density at radius 2 is 1.92 bits per heavy atom. The second-order valence-corrected chi connectivity index (χ2v) is 5.92. The largest absolute Gasteiger partial charge is 0.496 e. The number of amides is 1. The first-order chi connectivity index (χ1) is 11.9. The molecule has 9 nitrogen and oxygen atoms in total. The van der Waals surface area contributed by atoms with Crippen molar-refractivity contribution >= 4 is 29.2 Å². The highest BCUT2D eigenvalue weighted by Crippen LogP contribution is 2.27. The first-order valence-corrected chi connectivity index (χ1v) is 7.96. The fourth-order valence-electron chi connectivity index (χ4n) is 2.07. The molecule has 0 aliphatic heterocycles. The van der Waals surface area contributed by atoms with E-state index in [4.69, 9.17) is 21.7 Å².